The largest absolute Gasteiger partial charge is 0.379 e. The maximum Gasteiger partial charge on any atom is 0.339 e. The van der Waals surface area contributed by atoms with E-state index in [1.54, 1.807) is 30.3 Å². The topological polar surface area (TPSA) is 55.4 Å². The summed E-state index contributed by atoms with van der Waals surface area (Å²) in [5, 5.41) is 3.50. The van der Waals surface area contributed by atoms with E-state index < -0.39 is 10.1 Å². The van der Waals surface area contributed by atoms with Crippen LogP contribution in [0.5, 0.6) is 5.75 Å². The molecule has 1 N–H and O–H groups in total. The van der Waals surface area contributed by atoms with Crippen LogP contribution in [-0.2, 0) is 16.5 Å². The summed E-state index contributed by atoms with van der Waals surface area (Å²) in [4.78, 5) is 0.164. The highest BCUT2D eigenvalue weighted by molar-refractivity contribution is 14.1. The van der Waals surface area contributed by atoms with Crippen LogP contribution in [0.15, 0.2) is 47.4 Å². The molecule has 0 saturated carbocycles. The first kappa shape index (κ1) is 17.5. The Hall–Kier alpha value is -1.28. The molecular weight excluding hydrogens is 437 g/mol. The summed E-state index contributed by atoms with van der Waals surface area (Å²) < 4.78 is 30.6. The van der Waals surface area contributed by atoms with Crippen LogP contribution >= 0.6 is 22.6 Å². The third-order valence-electron chi connectivity index (χ3n) is 4.23. The lowest BCUT2D eigenvalue weighted by Crippen LogP contribution is -2.44. The van der Waals surface area contributed by atoms with E-state index in [2.05, 4.69) is 41.8 Å². The van der Waals surface area contributed by atoms with Crippen molar-refractivity contribution in [2.75, 3.05) is 5.32 Å². The number of benzene rings is 2. The number of hydrogen-bond donors (Lipinski definition) is 1. The molecule has 128 valence electrons. The van der Waals surface area contributed by atoms with Crippen molar-refractivity contribution in [3.63, 3.8) is 0 Å². The summed E-state index contributed by atoms with van der Waals surface area (Å²) >= 11 is 2.43. The molecular formula is C18H20INO3S. The van der Waals surface area contributed by atoms with Gasteiger partial charge in [-0.3, -0.25) is 0 Å². The molecule has 1 heterocycles. The van der Waals surface area contributed by atoms with Crippen LogP contribution in [0, 0.1) is 6.92 Å². The molecule has 3 rings (SSSR count). The quantitative estimate of drug-likeness (QED) is 0.424. The minimum absolute atomic E-state index is 0.00388. The number of rotatable bonds is 3. The van der Waals surface area contributed by atoms with Crippen LogP contribution in [0.4, 0.5) is 5.69 Å². The summed E-state index contributed by atoms with van der Waals surface area (Å²) in [7, 11) is -3.82. The number of fused-ring (bicyclic) bond motifs is 1. The van der Waals surface area contributed by atoms with Crippen LogP contribution in [-0.4, -0.2) is 17.9 Å². The Bertz CT molecular complexity index is 860. The Morgan fingerprint density at radius 1 is 1.17 bits per heavy atom. The van der Waals surface area contributed by atoms with E-state index in [0.717, 1.165) is 23.2 Å². The van der Waals surface area contributed by atoms with Gasteiger partial charge in [-0.2, -0.15) is 8.42 Å². The van der Waals surface area contributed by atoms with Crippen LogP contribution in [0.1, 0.15) is 25.0 Å². The van der Waals surface area contributed by atoms with Crippen molar-refractivity contribution in [2.45, 2.75) is 41.6 Å². The predicted octanol–water partition coefficient (Wildman–Crippen LogP) is 4.31. The molecule has 6 heteroatoms. The van der Waals surface area contributed by atoms with E-state index >= 15 is 0 Å². The standard InChI is InChI=1S/C18H20INO3S/c1-12-4-7-15(8-5-12)24(21,22)23-14-6-9-16-13(10-14)11-17(19)18(2,3)20-16/h4-10,17,20H,11H2,1-3H3. The molecule has 0 aliphatic carbocycles. The van der Waals surface area contributed by atoms with E-state index in [4.69, 9.17) is 4.18 Å². The lowest BCUT2D eigenvalue weighted by molar-refractivity contribution is 0.484. The predicted molar refractivity (Wildman–Crippen MR) is 105 cm³/mol. The molecule has 1 aliphatic rings. The number of aryl methyl sites for hydroxylation is 1. The Labute approximate surface area is 156 Å². The van der Waals surface area contributed by atoms with E-state index in [-0.39, 0.29) is 10.4 Å². The first-order chi connectivity index (χ1) is 11.2. The van der Waals surface area contributed by atoms with Gasteiger partial charge in [0, 0.05) is 15.2 Å². The zero-order valence-corrected chi connectivity index (χ0v) is 16.8. The average molecular weight is 457 g/mol. The number of hydrogen-bond acceptors (Lipinski definition) is 4. The van der Waals surface area contributed by atoms with Gasteiger partial charge in [-0.1, -0.05) is 40.3 Å². The van der Waals surface area contributed by atoms with Gasteiger partial charge in [-0.05, 0) is 63.1 Å². The van der Waals surface area contributed by atoms with Crippen LogP contribution in [0.25, 0.3) is 0 Å². The third kappa shape index (κ3) is 3.54. The fourth-order valence-corrected chi connectivity index (χ4v) is 4.22. The second-order valence-electron chi connectivity index (χ2n) is 6.69. The average Bonchev–Trinajstić information content (AvgIpc) is 2.49. The van der Waals surface area contributed by atoms with Crippen molar-refractivity contribution >= 4 is 38.4 Å². The van der Waals surface area contributed by atoms with Gasteiger partial charge in [-0.25, -0.2) is 0 Å². The Morgan fingerprint density at radius 3 is 2.50 bits per heavy atom. The Kier molecular flexibility index (Phi) is 4.55. The van der Waals surface area contributed by atoms with Crippen molar-refractivity contribution in [1.29, 1.82) is 0 Å². The lowest BCUT2D eigenvalue weighted by atomic mass is 9.89. The molecule has 0 amide bonds. The maximum atomic E-state index is 12.4. The van der Waals surface area contributed by atoms with Crippen molar-refractivity contribution in [3.05, 3.63) is 53.6 Å². The van der Waals surface area contributed by atoms with Crippen molar-refractivity contribution < 1.29 is 12.6 Å². The van der Waals surface area contributed by atoms with Crippen LogP contribution in [0.2, 0.25) is 0 Å². The van der Waals surface area contributed by atoms with Gasteiger partial charge in [0.15, 0.2) is 0 Å². The minimum Gasteiger partial charge on any atom is -0.379 e. The van der Waals surface area contributed by atoms with Crippen molar-refractivity contribution in [3.8, 4) is 5.75 Å². The molecule has 2 aromatic carbocycles. The van der Waals surface area contributed by atoms with Gasteiger partial charge in [0.25, 0.3) is 0 Å². The molecule has 0 fully saturated rings. The summed E-state index contributed by atoms with van der Waals surface area (Å²) in [5.41, 5.74) is 3.12. The lowest BCUT2D eigenvalue weighted by Gasteiger charge is -2.38. The van der Waals surface area contributed by atoms with Gasteiger partial charge < -0.3 is 9.50 Å². The number of alkyl halides is 1. The molecule has 4 nitrogen and oxygen atoms in total. The minimum atomic E-state index is -3.82. The number of halogens is 1. The Morgan fingerprint density at radius 2 is 1.83 bits per heavy atom. The van der Waals surface area contributed by atoms with Crippen molar-refractivity contribution in [1.82, 2.24) is 0 Å². The van der Waals surface area contributed by atoms with E-state index in [0.29, 0.717) is 9.67 Å². The second-order valence-corrected chi connectivity index (χ2v) is 9.74. The number of nitrogens with one attached hydrogen (secondary N) is 1. The van der Waals surface area contributed by atoms with Gasteiger partial charge in [0.05, 0.1) is 0 Å². The molecule has 0 bridgehead atoms. The molecule has 1 unspecified atom stereocenters. The summed E-state index contributed by atoms with van der Waals surface area (Å²) in [6, 6.07) is 12.0. The molecule has 0 aromatic heterocycles. The van der Waals surface area contributed by atoms with Crippen LogP contribution in [0.3, 0.4) is 0 Å². The fourth-order valence-electron chi connectivity index (χ4n) is 2.67. The van der Waals surface area contributed by atoms with E-state index in [1.165, 1.54) is 0 Å². The number of anilines is 1. The monoisotopic (exact) mass is 457 g/mol. The third-order valence-corrected chi connectivity index (χ3v) is 7.49. The molecule has 0 saturated heterocycles. The SMILES string of the molecule is Cc1ccc(S(=O)(=O)Oc2ccc3c(c2)CC(I)C(C)(C)N3)cc1. The molecule has 0 radical (unpaired) electrons. The second kappa shape index (κ2) is 6.22. The smallest absolute Gasteiger partial charge is 0.339 e. The van der Waals surface area contributed by atoms with E-state index in [9.17, 15) is 8.42 Å². The maximum absolute atomic E-state index is 12.4. The first-order valence-corrected chi connectivity index (χ1v) is 10.4. The first-order valence-electron chi connectivity index (χ1n) is 7.74. The summed E-state index contributed by atoms with van der Waals surface area (Å²) in [6.45, 7) is 6.24. The van der Waals surface area contributed by atoms with Gasteiger partial charge in [0.1, 0.15) is 10.6 Å². The highest BCUT2D eigenvalue weighted by Gasteiger charge is 2.33. The van der Waals surface area contributed by atoms with E-state index in [1.807, 2.05) is 19.1 Å². The molecule has 0 spiro atoms. The zero-order valence-electron chi connectivity index (χ0n) is 13.8. The normalized spacial score (nSPS) is 19.2. The molecule has 1 aliphatic heterocycles. The highest BCUT2D eigenvalue weighted by Crippen LogP contribution is 2.37. The molecule has 2 aromatic rings. The fraction of sp³-hybridized carbons (Fsp3) is 0.333. The summed E-state index contributed by atoms with van der Waals surface area (Å²) in [6.07, 6.45) is 0.873. The van der Waals surface area contributed by atoms with Crippen molar-refractivity contribution in [2.24, 2.45) is 0 Å². The van der Waals surface area contributed by atoms with Gasteiger partial charge >= 0.3 is 10.1 Å². The molecule has 24 heavy (non-hydrogen) atoms. The zero-order chi connectivity index (χ0) is 17.5. The summed E-state index contributed by atoms with van der Waals surface area (Å²) in [5.74, 6) is 0.347. The van der Waals surface area contributed by atoms with Crippen LogP contribution < -0.4 is 9.50 Å². The Balaban J connectivity index is 1.87. The van der Waals surface area contributed by atoms with Gasteiger partial charge in [0.2, 0.25) is 0 Å². The molecule has 1 atom stereocenters. The highest BCUT2D eigenvalue weighted by atomic mass is 127. The van der Waals surface area contributed by atoms with Gasteiger partial charge in [-0.15, -0.1) is 0 Å².